The molecule has 0 N–H and O–H groups in total. The van der Waals surface area contributed by atoms with E-state index < -0.39 is 0 Å². The highest BCUT2D eigenvalue weighted by molar-refractivity contribution is 5.84. The van der Waals surface area contributed by atoms with Crippen LogP contribution in [0, 0.1) is 0 Å². The molecule has 8 aromatic rings. The summed E-state index contributed by atoms with van der Waals surface area (Å²) in [7, 11) is 6.65. The first kappa shape index (κ1) is 32.6. The molecule has 0 bridgehead atoms. The highest BCUT2D eigenvalue weighted by Crippen LogP contribution is 2.35. The average molecular weight is 688 g/mol. The van der Waals surface area contributed by atoms with E-state index in [4.69, 9.17) is 33.9 Å². The van der Waals surface area contributed by atoms with Crippen LogP contribution >= 0.6 is 0 Å². The molecular formula is C43H37N5O4. The van der Waals surface area contributed by atoms with E-state index in [0.29, 0.717) is 13.1 Å². The van der Waals surface area contributed by atoms with Gasteiger partial charge in [-0.1, -0.05) is 54.6 Å². The molecule has 0 aliphatic heterocycles. The summed E-state index contributed by atoms with van der Waals surface area (Å²) in [4.78, 5) is 15.7. The monoisotopic (exact) mass is 687 g/mol. The maximum absolute atomic E-state index is 5.61. The van der Waals surface area contributed by atoms with Gasteiger partial charge in [0.2, 0.25) is 0 Å². The van der Waals surface area contributed by atoms with E-state index in [9.17, 15) is 0 Å². The molecule has 5 aromatic carbocycles. The zero-order valence-corrected chi connectivity index (χ0v) is 29.4. The topological polar surface area (TPSA) is 85.5 Å². The Bertz CT molecular complexity index is 2340. The van der Waals surface area contributed by atoms with Gasteiger partial charge in [-0.25, -0.2) is 15.0 Å². The van der Waals surface area contributed by atoms with Gasteiger partial charge in [0.05, 0.1) is 50.5 Å². The predicted molar refractivity (Wildman–Crippen MR) is 204 cm³/mol. The third kappa shape index (κ3) is 6.28. The lowest BCUT2D eigenvalue weighted by Gasteiger charge is -2.15. The summed E-state index contributed by atoms with van der Waals surface area (Å²) in [5.41, 5.74) is 9.27. The summed E-state index contributed by atoms with van der Waals surface area (Å²) in [5.74, 6) is 4.36. The van der Waals surface area contributed by atoms with E-state index in [0.717, 1.165) is 90.4 Å². The van der Waals surface area contributed by atoms with Crippen molar-refractivity contribution in [1.29, 1.82) is 0 Å². The lowest BCUT2D eigenvalue weighted by Crippen LogP contribution is -2.06. The molecule has 0 fully saturated rings. The number of fused-ring (bicyclic) bond motifs is 2. The molecule has 3 aromatic heterocycles. The SMILES string of the molecule is COc1cc(Cn2c(-c3cc(-c4ccccc4)cc(-c4nc5ccccc5n4Cc4cc(OC)cc(OC)c4)n3)nc3ccccc32)cc(OC)c1. The van der Waals surface area contributed by atoms with Crippen molar-refractivity contribution in [3.63, 3.8) is 0 Å². The Hall–Kier alpha value is -6.61. The third-order valence-corrected chi connectivity index (χ3v) is 9.20. The molecule has 8 rings (SSSR count). The summed E-state index contributed by atoms with van der Waals surface area (Å²) in [6, 6.07) is 42.7. The van der Waals surface area contributed by atoms with Crippen LogP contribution in [0.5, 0.6) is 23.0 Å². The zero-order chi connectivity index (χ0) is 35.6. The normalized spacial score (nSPS) is 11.2. The molecule has 0 aliphatic carbocycles. The summed E-state index contributed by atoms with van der Waals surface area (Å²) >= 11 is 0. The van der Waals surface area contributed by atoms with Gasteiger partial charge < -0.3 is 28.1 Å². The van der Waals surface area contributed by atoms with E-state index in [-0.39, 0.29) is 0 Å². The van der Waals surface area contributed by atoms with Gasteiger partial charge in [0, 0.05) is 25.2 Å². The van der Waals surface area contributed by atoms with Crippen molar-refractivity contribution >= 4 is 22.1 Å². The molecule has 0 unspecified atom stereocenters. The lowest BCUT2D eigenvalue weighted by atomic mass is 10.0. The van der Waals surface area contributed by atoms with Gasteiger partial charge in [-0.2, -0.15) is 0 Å². The molecule has 0 saturated heterocycles. The van der Waals surface area contributed by atoms with Crippen LogP contribution in [0.15, 0.2) is 127 Å². The molecular weight excluding hydrogens is 651 g/mol. The van der Waals surface area contributed by atoms with Gasteiger partial charge in [0.15, 0.2) is 11.6 Å². The van der Waals surface area contributed by atoms with E-state index in [1.54, 1.807) is 28.4 Å². The number of pyridine rings is 1. The number of benzene rings is 5. The van der Waals surface area contributed by atoms with E-state index in [1.165, 1.54) is 0 Å². The van der Waals surface area contributed by atoms with Crippen molar-refractivity contribution in [2.45, 2.75) is 13.1 Å². The second kappa shape index (κ2) is 14.0. The summed E-state index contributed by atoms with van der Waals surface area (Å²) in [6.07, 6.45) is 0. The molecule has 9 heteroatoms. The van der Waals surface area contributed by atoms with Crippen molar-refractivity contribution in [1.82, 2.24) is 24.1 Å². The Kier molecular flexibility index (Phi) is 8.74. The van der Waals surface area contributed by atoms with Crippen LogP contribution in [0.2, 0.25) is 0 Å². The van der Waals surface area contributed by atoms with Crippen LogP contribution in [0.4, 0.5) is 0 Å². The van der Waals surface area contributed by atoms with Gasteiger partial charge in [-0.15, -0.1) is 0 Å². The van der Waals surface area contributed by atoms with Crippen molar-refractivity contribution in [2.75, 3.05) is 28.4 Å². The van der Waals surface area contributed by atoms with Crippen molar-refractivity contribution < 1.29 is 18.9 Å². The van der Waals surface area contributed by atoms with Gasteiger partial charge in [-0.05, 0) is 82.9 Å². The van der Waals surface area contributed by atoms with Crippen LogP contribution < -0.4 is 18.9 Å². The quantitative estimate of drug-likeness (QED) is 0.134. The number of imidazole rings is 2. The first-order valence-corrected chi connectivity index (χ1v) is 17.0. The van der Waals surface area contributed by atoms with Gasteiger partial charge in [0.1, 0.15) is 34.4 Å². The summed E-state index contributed by atoms with van der Waals surface area (Å²) in [6.45, 7) is 1.04. The number of hydrogen-bond acceptors (Lipinski definition) is 7. The van der Waals surface area contributed by atoms with Gasteiger partial charge >= 0.3 is 0 Å². The Morgan fingerprint density at radius 1 is 0.423 bits per heavy atom. The largest absolute Gasteiger partial charge is 0.497 e. The lowest BCUT2D eigenvalue weighted by molar-refractivity contribution is 0.393. The average Bonchev–Trinajstić information content (AvgIpc) is 3.76. The maximum Gasteiger partial charge on any atom is 0.160 e. The maximum atomic E-state index is 5.61. The Morgan fingerprint density at radius 2 is 0.827 bits per heavy atom. The number of rotatable bonds is 11. The molecule has 3 heterocycles. The minimum absolute atomic E-state index is 0.520. The van der Waals surface area contributed by atoms with Crippen molar-refractivity contribution in [2.24, 2.45) is 0 Å². The van der Waals surface area contributed by atoms with Crippen LogP contribution in [-0.4, -0.2) is 52.5 Å². The Balaban J connectivity index is 1.34. The van der Waals surface area contributed by atoms with Crippen molar-refractivity contribution in [3.8, 4) is 57.2 Å². The van der Waals surface area contributed by atoms with Crippen LogP contribution in [-0.2, 0) is 13.1 Å². The fourth-order valence-corrected chi connectivity index (χ4v) is 6.70. The minimum atomic E-state index is 0.520. The highest BCUT2D eigenvalue weighted by atomic mass is 16.5. The second-order valence-electron chi connectivity index (χ2n) is 12.5. The third-order valence-electron chi connectivity index (χ3n) is 9.20. The number of nitrogens with zero attached hydrogens (tertiary/aromatic N) is 5. The molecule has 0 radical (unpaired) electrons. The first-order chi connectivity index (χ1) is 25.5. The fraction of sp³-hybridized carbons (Fsp3) is 0.140. The van der Waals surface area contributed by atoms with Crippen LogP contribution in [0.1, 0.15) is 11.1 Å². The molecule has 0 saturated carbocycles. The van der Waals surface area contributed by atoms with Crippen LogP contribution in [0.3, 0.4) is 0 Å². The Morgan fingerprint density at radius 3 is 1.25 bits per heavy atom. The fourth-order valence-electron chi connectivity index (χ4n) is 6.70. The Labute approximate surface area is 301 Å². The number of hydrogen-bond donors (Lipinski definition) is 0. The predicted octanol–water partition coefficient (Wildman–Crippen LogP) is 8.91. The minimum Gasteiger partial charge on any atom is -0.497 e. The molecule has 0 aliphatic rings. The number of aromatic nitrogens is 5. The first-order valence-electron chi connectivity index (χ1n) is 17.0. The molecule has 0 amide bonds. The summed E-state index contributed by atoms with van der Waals surface area (Å²) < 4.78 is 26.9. The zero-order valence-electron chi connectivity index (χ0n) is 29.4. The number of ether oxygens (including phenoxy) is 4. The van der Waals surface area contributed by atoms with E-state index in [1.807, 2.05) is 91.0 Å². The molecule has 258 valence electrons. The van der Waals surface area contributed by atoms with E-state index >= 15 is 0 Å². The molecule has 9 nitrogen and oxygen atoms in total. The molecule has 0 atom stereocenters. The number of para-hydroxylation sites is 4. The summed E-state index contributed by atoms with van der Waals surface area (Å²) in [5, 5.41) is 0. The number of methoxy groups -OCH3 is 4. The smallest absolute Gasteiger partial charge is 0.160 e. The second-order valence-corrected chi connectivity index (χ2v) is 12.5. The van der Waals surface area contributed by atoms with Gasteiger partial charge in [-0.3, -0.25) is 0 Å². The molecule has 0 spiro atoms. The van der Waals surface area contributed by atoms with Crippen LogP contribution in [0.25, 0.3) is 56.2 Å². The molecule has 52 heavy (non-hydrogen) atoms. The van der Waals surface area contributed by atoms with Crippen molar-refractivity contribution in [3.05, 3.63) is 139 Å². The highest BCUT2D eigenvalue weighted by Gasteiger charge is 2.21. The standard InChI is InChI=1S/C43H37N5O4/c1-49-32-18-28(19-33(24-32)50-2)26-47-40-16-10-8-14-36(40)45-42(47)38-22-31(30-12-6-5-7-13-30)23-39(44-38)43-46-37-15-9-11-17-41(37)48(43)27-29-20-34(51-3)25-35(21-29)52-4/h5-25H,26-27H2,1-4H3. The van der Waals surface area contributed by atoms with E-state index in [2.05, 4.69) is 45.5 Å². The van der Waals surface area contributed by atoms with Gasteiger partial charge in [0.25, 0.3) is 0 Å².